The topological polar surface area (TPSA) is 108 Å². The van der Waals surface area contributed by atoms with Gasteiger partial charge in [-0.1, -0.05) is 25.1 Å². The second-order valence-corrected chi connectivity index (χ2v) is 14.1. The van der Waals surface area contributed by atoms with Crippen LogP contribution in [0.4, 0.5) is 5.82 Å². The molecule has 166 valence electrons. The quantitative estimate of drug-likeness (QED) is 0.450. The fraction of sp³-hybridized carbons (Fsp3) is 0.571. The van der Waals surface area contributed by atoms with E-state index in [0.717, 1.165) is 24.6 Å². The Bertz CT molecular complexity index is 1050. The number of aliphatic hydroxyl groups excluding tert-OH is 1. The van der Waals surface area contributed by atoms with Crippen LogP contribution in [0.3, 0.4) is 0 Å². The van der Waals surface area contributed by atoms with Crippen molar-refractivity contribution in [3.05, 3.63) is 30.3 Å². The summed E-state index contributed by atoms with van der Waals surface area (Å²) in [6.45, 7) is 6.38. The molecule has 1 unspecified atom stereocenters. The molecule has 1 saturated carbocycles. The lowest BCUT2D eigenvalue weighted by Gasteiger charge is -2.21. The zero-order chi connectivity index (χ0) is 22.0. The average Bonchev–Trinajstić information content (AvgIpc) is 3.47. The minimum Gasteiger partial charge on any atom is -0.396 e. The van der Waals surface area contributed by atoms with Crippen molar-refractivity contribution in [1.29, 1.82) is 0 Å². The predicted molar refractivity (Wildman–Crippen MR) is 122 cm³/mol. The molecule has 0 spiro atoms. The first kappa shape index (κ1) is 23.2. The molecule has 3 N–H and O–H groups in total. The van der Waals surface area contributed by atoms with Crippen molar-refractivity contribution in [1.82, 2.24) is 9.71 Å². The Hall–Kier alpha value is -1.47. The Morgan fingerprint density at radius 3 is 2.57 bits per heavy atom. The minimum atomic E-state index is -3.83. The summed E-state index contributed by atoms with van der Waals surface area (Å²) in [5.74, 6) is 0.637. The number of rotatable bonds is 11. The first-order chi connectivity index (χ1) is 14.1. The number of fused-ring (bicyclic) bond motifs is 1. The molecule has 0 radical (unpaired) electrons. The zero-order valence-electron chi connectivity index (χ0n) is 17.9. The van der Waals surface area contributed by atoms with Gasteiger partial charge in [-0.2, -0.15) is 0 Å². The van der Waals surface area contributed by atoms with Crippen LogP contribution in [-0.4, -0.2) is 56.7 Å². The fourth-order valence-electron chi connectivity index (χ4n) is 3.59. The number of nitrogens with one attached hydrogen (secondary N) is 2. The van der Waals surface area contributed by atoms with Crippen molar-refractivity contribution < 1.29 is 18.1 Å². The molecule has 7 nitrogen and oxygen atoms in total. The van der Waals surface area contributed by atoms with Crippen molar-refractivity contribution in [3.8, 4) is 0 Å². The monoisotopic (exact) mass is 453 g/mol. The molecular formula is C21H32N3O4PS. The molecule has 1 aromatic heterocycles. The smallest absolute Gasteiger partial charge is 0.244 e. The molecule has 1 aromatic carbocycles. The van der Waals surface area contributed by atoms with Crippen LogP contribution < -0.4 is 10.0 Å². The van der Waals surface area contributed by atoms with Gasteiger partial charge >= 0.3 is 0 Å². The third-order valence-corrected chi connectivity index (χ3v) is 10.4. The summed E-state index contributed by atoms with van der Waals surface area (Å²) < 4.78 is 41.6. The van der Waals surface area contributed by atoms with Gasteiger partial charge in [-0.15, -0.1) is 0 Å². The summed E-state index contributed by atoms with van der Waals surface area (Å²) >= 11 is 0. The predicted octanol–water partition coefficient (Wildman–Crippen LogP) is 3.49. The van der Waals surface area contributed by atoms with Crippen LogP contribution in [0.5, 0.6) is 0 Å². The summed E-state index contributed by atoms with van der Waals surface area (Å²) in [6, 6.07) is 9.04. The van der Waals surface area contributed by atoms with E-state index < -0.39 is 22.3 Å². The first-order valence-electron chi connectivity index (χ1n) is 10.4. The third-order valence-electron chi connectivity index (χ3n) is 6.09. The van der Waals surface area contributed by atoms with Gasteiger partial charge in [0.1, 0.15) is 10.7 Å². The molecule has 2 aromatic rings. The van der Waals surface area contributed by atoms with E-state index in [1.165, 1.54) is 0 Å². The highest BCUT2D eigenvalue weighted by molar-refractivity contribution is 7.89. The van der Waals surface area contributed by atoms with Gasteiger partial charge in [0.15, 0.2) is 0 Å². The minimum absolute atomic E-state index is 0.105. The molecule has 3 rings (SSSR count). The SMILES string of the molecule is CC(CCO)CCNc1nc2ccccc2cc1S(=O)(=O)NCC1(P(C)(C)=O)CC1. The summed E-state index contributed by atoms with van der Waals surface area (Å²) in [5, 5.41) is 12.6. The number of para-hydroxylation sites is 1. The van der Waals surface area contributed by atoms with Gasteiger partial charge in [-0.3, -0.25) is 0 Å². The second-order valence-electron chi connectivity index (χ2n) is 8.76. The van der Waals surface area contributed by atoms with Gasteiger partial charge in [-0.05, 0) is 57.1 Å². The maximum Gasteiger partial charge on any atom is 0.244 e. The van der Waals surface area contributed by atoms with Crippen LogP contribution in [0.2, 0.25) is 0 Å². The van der Waals surface area contributed by atoms with E-state index in [0.29, 0.717) is 30.2 Å². The van der Waals surface area contributed by atoms with Crippen molar-refractivity contribution in [3.63, 3.8) is 0 Å². The molecule has 0 saturated heterocycles. The van der Waals surface area contributed by atoms with Gasteiger partial charge in [0.25, 0.3) is 0 Å². The van der Waals surface area contributed by atoms with Crippen LogP contribution in [0, 0.1) is 5.92 Å². The van der Waals surface area contributed by atoms with Gasteiger partial charge in [0, 0.05) is 30.2 Å². The van der Waals surface area contributed by atoms with E-state index in [2.05, 4.69) is 15.0 Å². The zero-order valence-corrected chi connectivity index (χ0v) is 19.6. The van der Waals surface area contributed by atoms with E-state index >= 15 is 0 Å². The van der Waals surface area contributed by atoms with Crippen LogP contribution in [0.25, 0.3) is 10.9 Å². The molecule has 0 bridgehead atoms. The standard InChI is InChI=1S/C21H32N3O4PS/c1-16(9-13-25)8-12-22-20-19(14-17-6-4-5-7-18(17)24-20)30(27,28)23-15-21(10-11-21)29(2,3)26/h4-7,14,16,23,25H,8-13,15H2,1-3H3,(H,22,24). The highest BCUT2D eigenvalue weighted by atomic mass is 32.2. The lowest BCUT2D eigenvalue weighted by molar-refractivity contribution is 0.260. The lowest BCUT2D eigenvalue weighted by atomic mass is 10.1. The van der Waals surface area contributed by atoms with Crippen LogP contribution in [0.1, 0.15) is 32.6 Å². The number of anilines is 1. The average molecular weight is 454 g/mol. The Labute approximate surface area is 179 Å². The van der Waals surface area contributed by atoms with Crippen LogP contribution in [0.15, 0.2) is 35.2 Å². The number of benzene rings is 1. The molecule has 9 heteroatoms. The van der Waals surface area contributed by atoms with Gasteiger partial charge in [0.05, 0.1) is 12.7 Å². The summed E-state index contributed by atoms with van der Waals surface area (Å²) in [6.07, 6.45) is 3.06. The van der Waals surface area contributed by atoms with E-state index in [1.54, 1.807) is 19.4 Å². The summed E-state index contributed by atoms with van der Waals surface area (Å²) in [5.41, 5.74) is 0.715. The number of nitrogens with zero attached hydrogens (tertiary/aromatic N) is 1. The molecule has 1 atom stereocenters. The van der Waals surface area contributed by atoms with Gasteiger partial charge in [-0.25, -0.2) is 18.1 Å². The van der Waals surface area contributed by atoms with E-state index in [1.807, 2.05) is 31.2 Å². The summed E-state index contributed by atoms with van der Waals surface area (Å²) in [7, 11) is -6.23. The Kier molecular flexibility index (Phi) is 6.92. The number of aliphatic hydroxyl groups is 1. The van der Waals surface area contributed by atoms with Crippen molar-refractivity contribution in [2.75, 3.05) is 38.3 Å². The molecule has 1 heterocycles. The second kappa shape index (κ2) is 8.95. The maximum absolute atomic E-state index is 13.2. The largest absolute Gasteiger partial charge is 0.396 e. The van der Waals surface area contributed by atoms with Crippen molar-refractivity contribution in [2.45, 2.75) is 42.7 Å². The summed E-state index contributed by atoms with van der Waals surface area (Å²) in [4.78, 5) is 4.66. The highest BCUT2D eigenvalue weighted by Crippen LogP contribution is 2.65. The molecule has 1 aliphatic carbocycles. The van der Waals surface area contributed by atoms with Crippen molar-refractivity contribution >= 4 is 33.9 Å². The maximum atomic E-state index is 13.2. The molecular weight excluding hydrogens is 421 g/mol. The number of sulfonamides is 1. The van der Waals surface area contributed by atoms with Gasteiger partial charge in [0.2, 0.25) is 10.0 Å². The fourth-order valence-corrected chi connectivity index (χ4v) is 6.62. The van der Waals surface area contributed by atoms with E-state index in [-0.39, 0.29) is 18.0 Å². The lowest BCUT2D eigenvalue weighted by Crippen LogP contribution is -2.33. The third kappa shape index (κ3) is 5.22. The van der Waals surface area contributed by atoms with E-state index in [4.69, 9.17) is 5.11 Å². The Balaban J connectivity index is 1.85. The Morgan fingerprint density at radius 2 is 1.93 bits per heavy atom. The normalized spacial score (nSPS) is 17.1. The number of hydrogen-bond donors (Lipinski definition) is 3. The van der Waals surface area contributed by atoms with Crippen LogP contribution in [-0.2, 0) is 14.6 Å². The molecule has 0 aliphatic heterocycles. The van der Waals surface area contributed by atoms with E-state index in [9.17, 15) is 13.0 Å². The molecule has 30 heavy (non-hydrogen) atoms. The Morgan fingerprint density at radius 1 is 1.23 bits per heavy atom. The number of aromatic nitrogens is 1. The highest BCUT2D eigenvalue weighted by Gasteiger charge is 2.52. The first-order valence-corrected chi connectivity index (χ1v) is 14.5. The molecule has 0 amide bonds. The molecule has 1 aliphatic rings. The number of hydrogen-bond acceptors (Lipinski definition) is 6. The van der Waals surface area contributed by atoms with Crippen molar-refractivity contribution in [2.24, 2.45) is 5.92 Å². The van der Waals surface area contributed by atoms with Gasteiger partial charge < -0.3 is 15.0 Å². The van der Waals surface area contributed by atoms with Crippen LogP contribution >= 0.6 is 7.14 Å². The molecule has 1 fully saturated rings. The number of pyridine rings is 1.